The van der Waals surface area contributed by atoms with Crippen LogP contribution < -0.4 is 10.6 Å². The number of hydrogen-bond acceptors (Lipinski definition) is 3. The summed E-state index contributed by atoms with van der Waals surface area (Å²) < 4.78 is 37.3. The third kappa shape index (κ3) is 5.02. The Kier molecular flexibility index (Phi) is 4.96. The van der Waals surface area contributed by atoms with Crippen molar-refractivity contribution in [2.45, 2.75) is 6.18 Å². The van der Waals surface area contributed by atoms with Crippen LogP contribution in [0.3, 0.4) is 0 Å². The lowest BCUT2D eigenvalue weighted by Gasteiger charge is -2.13. The standard InChI is InChI=1S/C11H15F3N4O/c1-18(2)10(19)17-6-5-16-9-7-8(3-4-15-9)11(12,13)14/h3-4,7H,5-6H2,1-2H3,(H,15,16)(H,17,19). The monoisotopic (exact) mass is 276 g/mol. The van der Waals surface area contributed by atoms with E-state index in [0.717, 1.165) is 18.3 Å². The lowest BCUT2D eigenvalue weighted by Crippen LogP contribution is -2.37. The molecule has 0 saturated carbocycles. The van der Waals surface area contributed by atoms with Crippen LogP contribution in [-0.4, -0.2) is 43.1 Å². The van der Waals surface area contributed by atoms with E-state index in [1.165, 1.54) is 4.90 Å². The molecule has 0 aliphatic heterocycles. The number of carbonyl (C=O) groups excluding carboxylic acids is 1. The van der Waals surface area contributed by atoms with E-state index in [1.807, 2.05) is 0 Å². The van der Waals surface area contributed by atoms with Gasteiger partial charge in [-0.2, -0.15) is 13.2 Å². The fourth-order valence-electron chi connectivity index (χ4n) is 1.22. The summed E-state index contributed by atoms with van der Waals surface area (Å²) in [4.78, 5) is 16.3. The molecule has 19 heavy (non-hydrogen) atoms. The Morgan fingerprint density at radius 1 is 1.37 bits per heavy atom. The maximum absolute atomic E-state index is 12.4. The van der Waals surface area contributed by atoms with Crippen molar-refractivity contribution < 1.29 is 18.0 Å². The maximum atomic E-state index is 12.4. The van der Waals surface area contributed by atoms with Gasteiger partial charge in [-0.1, -0.05) is 0 Å². The Morgan fingerprint density at radius 3 is 2.63 bits per heavy atom. The number of halogens is 3. The van der Waals surface area contributed by atoms with E-state index in [4.69, 9.17) is 0 Å². The first-order valence-corrected chi connectivity index (χ1v) is 5.53. The lowest BCUT2D eigenvalue weighted by molar-refractivity contribution is -0.137. The van der Waals surface area contributed by atoms with E-state index < -0.39 is 11.7 Å². The number of anilines is 1. The van der Waals surface area contributed by atoms with E-state index in [9.17, 15) is 18.0 Å². The molecule has 0 bridgehead atoms. The molecule has 0 atom stereocenters. The van der Waals surface area contributed by atoms with Gasteiger partial charge in [0.25, 0.3) is 0 Å². The second-order valence-electron chi connectivity index (χ2n) is 3.98. The topological polar surface area (TPSA) is 57.3 Å². The molecule has 1 heterocycles. The van der Waals surface area contributed by atoms with Crippen molar-refractivity contribution in [1.29, 1.82) is 0 Å². The molecule has 1 aromatic heterocycles. The minimum absolute atomic E-state index is 0.119. The minimum atomic E-state index is -4.39. The van der Waals surface area contributed by atoms with E-state index in [0.29, 0.717) is 0 Å². The Balaban J connectivity index is 2.44. The Morgan fingerprint density at radius 2 is 2.05 bits per heavy atom. The van der Waals surface area contributed by atoms with Gasteiger partial charge < -0.3 is 15.5 Å². The molecule has 8 heteroatoms. The molecule has 0 unspecified atom stereocenters. The number of alkyl halides is 3. The lowest BCUT2D eigenvalue weighted by atomic mass is 10.2. The summed E-state index contributed by atoms with van der Waals surface area (Å²) >= 11 is 0. The first kappa shape index (κ1) is 15.1. The Hall–Kier alpha value is -1.99. The number of aromatic nitrogens is 1. The predicted octanol–water partition coefficient (Wildman–Crippen LogP) is 1.78. The smallest absolute Gasteiger partial charge is 0.368 e. The molecule has 0 aliphatic carbocycles. The number of rotatable bonds is 4. The molecular formula is C11H15F3N4O. The number of nitrogens with one attached hydrogen (secondary N) is 2. The van der Waals surface area contributed by atoms with Gasteiger partial charge in [0.05, 0.1) is 5.56 Å². The number of nitrogens with zero attached hydrogens (tertiary/aromatic N) is 2. The molecule has 5 nitrogen and oxygen atoms in total. The fraction of sp³-hybridized carbons (Fsp3) is 0.455. The summed E-state index contributed by atoms with van der Waals surface area (Å²) in [6.07, 6.45) is -3.30. The highest BCUT2D eigenvalue weighted by molar-refractivity contribution is 5.73. The van der Waals surface area contributed by atoms with Crippen LogP contribution in [0.15, 0.2) is 18.3 Å². The van der Waals surface area contributed by atoms with Crippen molar-refractivity contribution >= 4 is 11.8 Å². The third-order valence-corrected chi connectivity index (χ3v) is 2.20. The third-order valence-electron chi connectivity index (χ3n) is 2.20. The van der Waals surface area contributed by atoms with Gasteiger partial charge in [0.1, 0.15) is 5.82 Å². The van der Waals surface area contributed by atoms with E-state index in [2.05, 4.69) is 15.6 Å². The summed E-state index contributed by atoms with van der Waals surface area (Å²) in [6.45, 7) is 0.572. The largest absolute Gasteiger partial charge is 0.416 e. The summed E-state index contributed by atoms with van der Waals surface area (Å²) in [5, 5.41) is 5.28. The summed E-state index contributed by atoms with van der Waals surface area (Å²) in [5.74, 6) is 0.119. The zero-order valence-corrected chi connectivity index (χ0v) is 10.6. The highest BCUT2D eigenvalue weighted by Gasteiger charge is 2.30. The Bertz CT molecular complexity index is 434. The number of carbonyl (C=O) groups is 1. The highest BCUT2D eigenvalue weighted by atomic mass is 19.4. The van der Waals surface area contributed by atoms with Gasteiger partial charge in [0, 0.05) is 33.4 Å². The highest BCUT2D eigenvalue weighted by Crippen LogP contribution is 2.29. The average molecular weight is 276 g/mol. The van der Waals surface area contributed by atoms with Gasteiger partial charge in [0.15, 0.2) is 0 Å². The van der Waals surface area contributed by atoms with Gasteiger partial charge in [0.2, 0.25) is 0 Å². The van der Waals surface area contributed by atoms with E-state index in [1.54, 1.807) is 14.1 Å². The van der Waals surface area contributed by atoms with Crippen molar-refractivity contribution in [3.63, 3.8) is 0 Å². The summed E-state index contributed by atoms with van der Waals surface area (Å²) in [6, 6.07) is 1.56. The van der Waals surface area contributed by atoms with Crippen molar-refractivity contribution in [2.24, 2.45) is 0 Å². The fourth-order valence-corrected chi connectivity index (χ4v) is 1.22. The van der Waals surface area contributed by atoms with Crippen LogP contribution in [0, 0.1) is 0 Å². The van der Waals surface area contributed by atoms with Crippen LogP contribution >= 0.6 is 0 Å². The molecule has 1 aromatic rings. The first-order valence-electron chi connectivity index (χ1n) is 5.53. The number of urea groups is 1. The zero-order valence-electron chi connectivity index (χ0n) is 10.6. The zero-order chi connectivity index (χ0) is 14.5. The van der Waals surface area contributed by atoms with Crippen LogP contribution in [0.2, 0.25) is 0 Å². The normalized spacial score (nSPS) is 11.0. The van der Waals surface area contributed by atoms with Gasteiger partial charge in [-0.25, -0.2) is 9.78 Å². The summed E-state index contributed by atoms with van der Waals surface area (Å²) in [5.41, 5.74) is -0.762. The molecule has 0 radical (unpaired) electrons. The SMILES string of the molecule is CN(C)C(=O)NCCNc1cc(C(F)(F)F)ccn1. The van der Waals surface area contributed by atoms with Crippen molar-refractivity contribution in [3.05, 3.63) is 23.9 Å². The molecule has 1 rings (SSSR count). The molecule has 2 amide bonds. The van der Waals surface area contributed by atoms with Crippen LogP contribution in [0.4, 0.5) is 23.8 Å². The number of hydrogen-bond donors (Lipinski definition) is 2. The van der Waals surface area contributed by atoms with Gasteiger partial charge in [-0.05, 0) is 12.1 Å². The van der Waals surface area contributed by atoms with Crippen LogP contribution in [-0.2, 0) is 6.18 Å². The van der Waals surface area contributed by atoms with Crippen molar-refractivity contribution in [2.75, 3.05) is 32.5 Å². The molecule has 0 aliphatic rings. The maximum Gasteiger partial charge on any atom is 0.416 e. The molecule has 0 fully saturated rings. The summed E-state index contributed by atoms with van der Waals surface area (Å²) in [7, 11) is 3.19. The molecule has 0 spiro atoms. The molecular weight excluding hydrogens is 261 g/mol. The quantitative estimate of drug-likeness (QED) is 0.824. The predicted molar refractivity (Wildman–Crippen MR) is 64.8 cm³/mol. The van der Waals surface area contributed by atoms with Gasteiger partial charge in [-0.15, -0.1) is 0 Å². The van der Waals surface area contributed by atoms with Crippen LogP contribution in [0.1, 0.15) is 5.56 Å². The van der Waals surface area contributed by atoms with Crippen LogP contribution in [0.25, 0.3) is 0 Å². The van der Waals surface area contributed by atoms with Gasteiger partial charge in [-0.3, -0.25) is 0 Å². The van der Waals surface area contributed by atoms with Crippen molar-refractivity contribution in [1.82, 2.24) is 15.2 Å². The van der Waals surface area contributed by atoms with Crippen LogP contribution in [0.5, 0.6) is 0 Å². The van der Waals surface area contributed by atoms with Crippen molar-refractivity contribution in [3.8, 4) is 0 Å². The molecule has 0 aromatic carbocycles. The first-order chi connectivity index (χ1) is 8.80. The number of amides is 2. The van der Waals surface area contributed by atoms with E-state index >= 15 is 0 Å². The number of pyridine rings is 1. The van der Waals surface area contributed by atoms with Gasteiger partial charge >= 0.3 is 12.2 Å². The molecule has 2 N–H and O–H groups in total. The Labute approximate surface area is 108 Å². The second-order valence-corrected chi connectivity index (χ2v) is 3.98. The average Bonchev–Trinajstić information content (AvgIpc) is 2.33. The second kappa shape index (κ2) is 6.26. The minimum Gasteiger partial charge on any atom is -0.368 e. The molecule has 0 saturated heterocycles. The van der Waals surface area contributed by atoms with E-state index in [-0.39, 0.29) is 24.9 Å². The molecule has 106 valence electrons.